The van der Waals surface area contributed by atoms with E-state index in [0.717, 1.165) is 18.4 Å². The van der Waals surface area contributed by atoms with Gasteiger partial charge < -0.3 is 21.1 Å². The fourth-order valence-electron chi connectivity index (χ4n) is 3.34. The van der Waals surface area contributed by atoms with Crippen LogP contribution in [0.15, 0.2) is 54.6 Å². The first-order chi connectivity index (χ1) is 13.6. The molecule has 1 heterocycles. The molecule has 0 radical (unpaired) electrons. The standard InChI is InChI=1S/C21H24N4O3/c26-19-13-25(18-9-5-4-8-16(18)23-19)21(28)24-17(20(27)22-15-10-11-15)12-14-6-2-1-3-7-14/h1-9,15,17,19,23,26H,10-13H2,(H,22,27)(H,24,28). The van der Waals surface area contributed by atoms with Gasteiger partial charge >= 0.3 is 6.03 Å². The summed E-state index contributed by atoms with van der Waals surface area (Å²) >= 11 is 0. The molecule has 146 valence electrons. The summed E-state index contributed by atoms with van der Waals surface area (Å²) in [5.74, 6) is -0.177. The lowest BCUT2D eigenvalue weighted by Gasteiger charge is -2.34. The van der Waals surface area contributed by atoms with Crippen LogP contribution in [0.3, 0.4) is 0 Å². The number of para-hydroxylation sites is 2. The molecule has 2 atom stereocenters. The van der Waals surface area contributed by atoms with Crippen LogP contribution < -0.4 is 20.9 Å². The van der Waals surface area contributed by atoms with Crippen LogP contribution in [0.4, 0.5) is 16.2 Å². The number of aliphatic hydroxyl groups excluding tert-OH is 1. The Kier molecular flexibility index (Phi) is 5.16. The van der Waals surface area contributed by atoms with E-state index >= 15 is 0 Å². The molecule has 4 N–H and O–H groups in total. The van der Waals surface area contributed by atoms with Crippen molar-refractivity contribution < 1.29 is 14.7 Å². The summed E-state index contributed by atoms with van der Waals surface area (Å²) in [6, 6.07) is 16.0. The van der Waals surface area contributed by atoms with Gasteiger partial charge in [-0.2, -0.15) is 0 Å². The first-order valence-electron chi connectivity index (χ1n) is 9.56. The van der Waals surface area contributed by atoms with E-state index in [0.29, 0.717) is 17.8 Å². The number of aliphatic hydroxyl groups is 1. The number of carbonyl (C=O) groups is 2. The summed E-state index contributed by atoms with van der Waals surface area (Å²) in [7, 11) is 0. The number of nitrogens with one attached hydrogen (secondary N) is 3. The van der Waals surface area contributed by atoms with E-state index in [1.807, 2.05) is 48.5 Å². The number of nitrogens with zero attached hydrogens (tertiary/aromatic N) is 1. The highest BCUT2D eigenvalue weighted by atomic mass is 16.3. The number of urea groups is 1. The highest BCUT2D eigenvalue weighted by Crippen LogP contribution is 2.30. The molecule has 0 spiro atoms. The second-order valence-corrected chi connectivity index (χ2v) is 7.26. The van der Waals surface area contributed by atoms with Crippen LogP contribution in [0.25, 0.3) is 0 Å². The third-order valence-corrected chi connectivity index (χ3v) is 4.94. The molecule has 0 aromatic heterocycles. The fourth-order valence-corrected chi connectivity index (χ4v) is 3.34. The average Bonchev–Trinajstić information content (AvgIpc) is 3.51. The first kappa shape index (κ1) is 18.3. The first-order valence-corrected chi connectivity index (χ1v) is 9.56. The van der Waals surface area contributed by atoms with Crippen molar-refractivity contribution in [2.45, 2.75) is 37.6 Å². The zero-order valence-corrected chi connectivity index (χ0v) is 15.5. The summed E-state index contributed by atoms with van der Waals surface area (Å²) in [5, 5.41) is 18.9. The van der Waals surface area contributed by atoms with Crippen molar-refractivity contribution in [2.75, 3.05) is 16.8 Å². The van der Waals surface area contributed by atoms with Crippen LogP contribution in [0.2, 0.25) is 0 Å². The minimum Gasteiger partial charge on any atom is -0.372 e. The van der Waals surface area contributed by atoms with Gasteiger partial charge in [0.2, 0.25) is 5.91 Å². The third kappa shape index (κ3) is 4.26. The Hall–Kier alpha value is -3.06. The van der Waals surface area contributed by atoms with Gasteiger partial charge in [-0.15, -0.1) is 0 Å². The topological polar surface area (TPSA) is 93.7 Å². The SMILES string of the molecule is O=C(NC1CC1)C(Cc1ccccc1)NC(=O)N1CC(O)Nc2ccccc21. The normalized spacial score (nSPS) is 19.2. The fraction of sp³-hybridized carbons (Fsp3) is 0.333. The van der Waals surface area contributed by atoms with Crippen LogP contribution in [0.5, 0.6) is 0 Å². The molecule has 2 aromatic carbocycles. The van der Waals surface area contributed by atoms with E-state index in [9.17, 15) is 14.7 Å². The molecule has 2 aliphatic rings. The van der Waals surface area contributed by atoms with Gasteiger partial charge in [-0.1, -0.05) is 42.5 Å². The maximum absolute atomic E-state index is 13.0. The third-order valence-electron chi connectivity index (χ3n) is 4.94. The Morgan fingerprint density at radius 2 is 1.82 bits per heavy atom. The smallest absolute Gasteiger partial charge is 0.322 e. The highest BCUT2D eigenvalue weighted by molar-refractivity contribution is 5.99. The molecule has 1 aliphatic carbocycles. The number of β-amino-alcohol motifs (C(OH)–C–C–N with tert-alkyl or cyclic N) is 1. The Morgan fingerprint density at radius 3 is 2.57 bits per heavy atom. The van der Waals surface area contributed by atoms with Gasteiger partial charge in [0.05, 0.1) is 17.9 Å². The zero-order valence-electron chi connectivity index (χ0n) is 15.5. The predicted molar refractivity (Wildman–Crippen MR) is 107 cm³/mol. The second kappa shape index (κ2) is 7.90. The molecule has 2 unspecified atom stereocenters. The lowest BCUT2D eigenvalue weighted by molar-refractivity contribution is -0.123. The van der Waals surface area contributed by atoms with E-state index < -0.39 is 18.3 Å². The summed E-state index contributed by atoms with van der Waals surface area (Å²) < 4.78 is 0. The van der Waals surface area contributed by atoms with Crippen molar-refractivity contribution >= 4 is 23.3 Å². The van der Waals surface area contributed by atoms with Gasteiger partial charge in [-0.25, -0.2) is 4.79 Å². The van der Waals surface area contributed by atoms with Crippen molar-refractivity contribution in [3.63, 3.8) is 0 Å². The van der Waals surface area contributed by atoms with Gasteiger partial charge in [0.1, 0.15) is 12.3 Å². The lowest BCUT2D eigenvalue weighted by atomic mass is 10.1. The van der Waals surface area contributed by atoms with Crippen LogP contribution >= 0.6 is 0 Å². The van der Waals surface area contributed by atoms with Crippen LogP contribution in [0, 0.1) is 0 Å². The minimum absolute atomic E-state index is 0.102. The van der Waals surface area contributed by atoms with Crippen molar-refractivity contribution in [1.29, 1.82) is 0 Å². The number of amides is 3. The van der Waals surface area contributed by atoms with Gasteiger partial charge in [-0.05, 0) is 30.5 Å². The van der Waals surface area contributed by atoms with Crippen molar-refractivity contribution in [2.24, 2.45) is 0 Å². The lowest BCUT2D eigenvalue weighted by Crippen LogP contribution is -2.55. The Balaban J connectivity index is 1.52. The number of fused-ring (bicyclic) bond motifs is 1. The van der Waals surface area contributed by atoms with Gasteiger partial charge in [0.15, 0.2) is 0 Å². The van der Waals surface area contributed by atoms with Crippen LogP contribution in [0.1, 0.15) is 18.4 Å². The predicted octanol–water partition coefficient (Wildman–Crippen LogP) is 1.84. The van der Waals surface area contributed by atoms with Crippen molar-refractivity contribution in [1.82, 2.24) is 10.6 Å². The molecule has 4 rings (SSSR count). The van der Waals surface area contributed by atoms with Crippen LogP contribution in [-0.4, -0.2) is 41.9 Å². The van der Waals surface area contributed by atoms with E-state index in [1.165, 1.54) is 4.90 Å². The van der Waals surface area contributed by atoms with E-state index in [2.05, 4.69) is 16.0 Å². The number of rotatable bonds is 5. The van der Waals surface area contributed by atoms with Gasteiger partial charge in [0, 0.05) is 12.5 Å². The summed E-state index contributed by atoms with van der Waals surface area (Å²) in [5.41, 5.74) is 2.32. The Morgan fingerprint density at radius 1 is 1.11 bits per heavy atom. The summed E-state index contributed by atoms with van der Waals surface area (Å²) in [6.45, 7) is 0.102. The molecule has 0 bridgehead atoms. The second-order valence-electron chi connectivity index (χ2n) is 7.26. The zero-order chi connectivity index (χ0) is 19.5. The van der Waals surface area contributed by atoms with E-state index in [1.54, 1.807) is 6.07 Å². The Bertz CT molecular complexity index is 854. The molecule has 2 aromatic rings. The molecule has 7 nitrogen and oxygen atoms in total. The largest absolute Gasteiger partial charge is 0.372 e. The molecular weight excluding hydrogens is 356 g/mol. The number of anilines is 2. The molecular formula is C21H24N4O3. The van der Waals surface area contributed by atoms with E-state index in [-0.39, 0.29) is 18.5 Å². The number of carbonyl (C=O) groups excluding carboxylic acids is 2. The number of hydrogen-bond donors (Lipinski definition) is 4. The monoisotopic (exact) mass is 380 g/mol. The molecule has 3 amide bonds. The maximum atomic E-state index is 13.0. The van der Waals surface area contributed by atoms with Gasteiger partial charge in [0.25, 0.3) is 0 Å². The van der Waals surface area contributed by atoms with Gasteiger partial charge in [-0.3, -0.25) is 9.69 Å². The average molecular weight is 380 g/mol. The van der Waals surface area contributed by atoms with E-state index in [4.69, 9.17) is 0 Å². The van der Waals surface area contributed by atoms with Crippen molar-refractivity contribution in [3.05, 3.63) is 60.2 Å². The maximum Gasteiger partial charge on any atom is 0.322 e. The number of benzene rings is 2. The summed E-state index contributed by atoms with van der Waals surface area (Å²) in [6.07, 6.45) is 1.50. The molecule has 1 fully saturated rings. The minimum atomic E-state index is -0.867. The number of hydrogen-bond acceptors (Lipinski definition) is 4. The molecule has 1 aliphatic heterocycles. The van der Waals surface area contributed by atoms with Crippen LogP contribution in [-0.2, 0) is 11.2 Å². The molecule has 28 heavy (non-hydrogen) atoms. The molecule has 0 saturated heterocycles. The highest BCUT2D eigenvalue weighted by Gasteiger charge is 2.32. The molecule has 1 saturated carbocycles. The quantitative estimate of drug-likeness (QED) is 0.637. The molecule has 7 heteroatoms. The summed E-state index contributed by atoms with van der Waals surface area (Å²) in [4.78, 5) is 27.2. The van der Waals surface area contributed by atoms with Crippen molar-refractivity contribution in [3.8, 4) is 0 Å². The Labute approximate surface area is 163 Å².